The first-order chi connectivity index (χ1) is 11.8. The molecule has 0 radical (unpaired) electrons. The average molecular weight is 354 g/mol. The molecule has 0 aromatic carbocycles. The summed E-state index contributed by atoms with van der Waals surface area (Å²) in [5.41, 5.74) is -0.481. The standard InChI is InChI=1S/C19H34N2O4/c1-19(2,3)25-18(23)21-12-8-15(9-13-21)17(22)20(4)11-10-16-7-5-6-14-24-16/h15-16H,5-14H2,1-4H3. The quantitative estimate of drug-likeness (QED) is 0.778. The van der Waals surface area contributed by atoms with Gasteiger partial charge in [0.1, 0.15) is 5.60 Å². The molecule has 6 heteroatoms. The topological polar surface area (TPSA) is 59.1 Å². The summed E-state index contributed by atoms with van der Waals surface area (Å²) in [6.07, 6.45) is 5.85. The van der Waals surface area contributed by atoms with E-state index < -0.39 is 5.60 Å². The van der Waals surface area contributed by atoms with Crippen molar-refractivity contribution in [1.82, 2.24) is 9.80 Å². The van der Waals surface area contributed by atoms with Crippen LogP contribution in [0.3, 0.4) is 0 Å². The molecule has 2 amide bonds. The average Bonchev–Trinajstić information content (AvgIpc) is 2.58. The van der Waals surface area contributed by atoms with Gasteiger partial charge in [0.15, 0.2) is 0 Å². The summed E-state index contributed by atoms with van der Waals surface area (Å²) in [5, 5.41) is 0. The fourth-order valence-electron chi connectivity index (χ4n) is 3.43. The summed E-state index contributed by atoms with van der Waals surface area (Å²) in [6, 6.07) is 0. The molecular formula is C19H34N2O4. The van der Waals surface area contributed by atoms with Crippen molar-refractivity contribution in [2.45, 2.75) is 71.0 Å². The predicted molar refractivity (Wildman–Crippen MR) is 96.4 cm³/mol. The molecule has 2 fully saturated rings. The van der Waals surface area contributed by atoms with Crippen LogP contribution in [0.1, 0.15) is 59.3 Å². The van der Waals surface area contributed by atoms with Crippen LogP contribution in [0.25, 0.3) is 0 Å². The Balaban J connectivity index is 1.71. The monoisotopic (exact) mass is 354 g/mol. The first-order valence-electron chi connectivity index (χ1n) is 9.61. The molecule has 0 aliphatic carbocycles. The molecule has 25 heavy (non-hydrogen) atoms. The maximum Gasteiger partial charge on any atom is 0.410 e. The van der Waals surface area contributed by atoms with Gasteiger partial charge in [-0.2, -0.15) is 0 Å². The van der Waals surface area contributed by atoms with Gasteiger partial charge in [-0.3, -0.25) is 4.79 Å². The van der Waals surface area contributed by atoms with E-state index >= 15 is 0 Å². The lowest BCUT2D eigenvalue weighted by Crippen LogP contribution is -2.45. The van der Waals surface area contributed by atoms with Gasteiger partial charge in [-0.05, 0) is 59.3 Å². The zero-order valence-corrected chi connectivity index (χ0v) is 16.3. The molecule has 2 saturated heterocycles. The van der Waals surface area contributed by atoms with Crippen molar-refractivity contribution in [3.63, 3.8) is 0 Å². The van der Waals surface area contributed by atoms with Crippen LogP contribution in [-0.2, 0) is 14.3 Å². The number of carbonyl (C=O) groups is 2. The van der Waals surface area contributed by atoms with E-state index in [2.05, 4.69) is 0 Å². The molecule has 0 spiro atoms. The summed E-state index contributed by atoms with van der Waals surface area (Å²) in [4.78, 5) is 28.3. The van der Waals surface area contributed by atoms with E-state index in [1.54, 1.807) is 4.90 Å². The molecule has 0 aromatic heterocycles. The second kappa shape index (κ2) is 8.88. The van der Waals surface area contributed by atoms with Gasteiger partial charge < -0.3 is 19.3 Å². The second-order valence-corrected chi connectivity index (χ2v) is 8.28. The second-order valence-electron chi connectivity index (χ2n) is 8.28. The highest BCUT2D eigenvalue weighted by Gasteiger charge is 2.31. The van der Waals surface area contributed by atoms with E-state index in [1.807, 2.05) is 32.7 Å². The number of piperidine rings is 1. The van der Waals surface area contributed by atoms with Gasteiger partial charge in [-0.1, -0.05) is 0 Å². The Morgan fingerprint density at radius 1 is 1.16 bits per heavy atom. The Bertz CT molecular complexity index is 447. The molecule has 2 aliphatic rings. The molecular weight excluding hydrogens is 320 g/mol. The minimum atomic E-state index is -0.481. The minimum Gasteiger partial charge on any atom is -0.444 e. The number of hydrogen-bond donors (Lipinski definition) is 0. The number of nitrogens with zero attached hydrogens (tertiary/aromatic N) is 2. The third-order valence-corrected chi connectivity index (χ3v) is 4.93. The maximum atomic E-state index is 12.6. The van der Waals surface area contributed by atoms with Gasteiger partial charge in [0.25, 0.3) is 0 Å². The number of hydrogen-bond acceptors (Lipinski definition) is 4. The molecule has 0 aromatic rings. The highest BCUT2D eigenvalue weighted by atomic mass is 16.6. The Labute approximate surface area is 151 Å². The molecule has 0 saturated carbocycles. The summed E-state index contributed by atoms with van der Waals surface area (Å²) >= 11 is 0. The van der Waals surface area contributed by atoms with Crippen LogP contribution in [0.2, 0.25) is 0 Å². The van der Waals surface area contributed by atoms with Crippen molar-refractivity contribution in [3.05, 3.63) is 0 Å². The summed E-state index contributed by atoms with van der Waals surface area (Å²) < 4.78 is 11.1. The van der Waals surface area contributed by atoms with Gasteiger partial charge in [0.05, 0.1) is 6.10 Å². The smallest absolute Gasteiger partial charge is 0.410 e. The van der Waals surface area contributed by atoms with Crippen molar-refractivity contribution in [2.75, 3.05) is 33.3 Å². The van der Waals surface area contributed by atoms with Gasteiger partial charge in [-0.15, -0.1) is 0 Å². The lowest BCUT2D eigenvalue weighted by Gasteiger charge is -2.34. The normalized spacial score (nSPS) is 22.6. The van der Waals surface area contributed by atoms with Crippen molar-refractivity contribution >= 4 is 12.0 Å². The number of carbonyl (C=O) groups excluding carboxylic acids is 2. The van der Waals surface area contributed by atoms with Crippen LogP contribution in [0, 0.1) is 5.92 Å². The van der Waals surface area contributed by atoms with Crippen LogP contribution in [-0.4, -0.2) is 66.8 Å². The van der Waals surface area contributed by atoms with Gasteiger partial charge in [-0.25, -0.2) is 4.79 Å². The van der Waals surface area contributed by atoms with Crippen LogP contribution in [0.4, 0.5) is 4.79 Å². The van der Waals surface area contributed by atoms with Crippen molar-refractivity contribution in [3.8, 4) is 0 Å². The minimum absolute atomic E-state index is 0.0101. The van der Waals surface area contributed by atoms with Gasteiger partial charge in [0.2, 0.25) is 5.91 Å². The third-order valence-electron chi connectivity index (χ3n) is 4.93. The lowest BCUT2D eigenvalue weighted by atomic mass is 9.95. The zero-order valence-electron chi connectivity index (χ0n) is 16.3. The summed E-state index contributed by atoms with van der Waals surface area (Å²) in [7, 11) is 1.88. The molecule has 144 valence electrons. The highest BCUT2D eigenvalue weighted by Crippen LogP contribution is 2.22. The highest BCUT2D eigenvalue weighted by molar-refractivity contribution is 5.79. The first kappa shape index (κ1) is 20.0. The first-order valence-corrected chi connectivity index (χ1v) is 9.61. The van der Waals surface area contributed by atoms with Gasteiger partial charge in [0, 0.05) is 39.2 Å². The van der Waals surface area contributed by atoms with E-state index in [4.69, 9.17) is 9.47 Å². The fraction of sp³-hybridized carbons (Fsp3) is 0.895. The molecule has 2 aliphatic heterocycles. The van der Waals surface area contributed by atoms with Crippen LogP contribution in [0.5, 0.6) is 0 Å². The fourth-order valence-corrected chi connectivity index (χ4v) is 3.43. The number of likely N-dealkylation sites (tertiary alicyclic amines) is 1. The number of amides is 2. The predicted octanol–water partition coefficient (Wildman–Crippen LogP) is 3.05. The SMILES string of the molecule is CN(CCC1CCCCO1)C(=O)C1CCN(C(=O)OC(C)(C)C)CC1. The molecule has 0 bridgehead atoms. The van der Waals surface area contributed by atoms with Crippen LogP contribution in [0.15, 0.2) is 0 Å². The largest absolute Gasteiger partial charge is 0.444 e. The Morgan fingerprint density at radius 2 is 1.84 bits per heavy atom. The molecule has 1 unspecified atom stereocenters. The van der Waals surface area contributed by atoms with E-state index in [-0.39, 0.29) is 17.9 Å². The Kier molecular flexibility index (Phi) is 7.11. The van der Waals surface area contributed by atoms with E-state index in [0.29, 0.717) is 32.0 Å². The summed E-state index contributed by atoms with van der Waals surface area (Å²) in [5.74, 6) is 0.204. The third kappa shape index (κ3) is 6.49. The van der Waals surface area contributed by atoms with Crippen LogP contribution < -0.4 is 0 Å². The molecule has 2 rings (SSSR count). The van der Waals surface area contributed by atoms with E-state index in [0.717, 1.165) is 32.4 Å². The van der Waals surface area contributed by atoms with Gasteiger partial charge >= 0.3 is 6.09 Å². The summed E-state index contributed by atoms with van der Waals surface area (Å²) in [6.45, 7) is 8.38. The number of ether oxygens (including phenoxy) is 2. The molecule has 2 heterocycles. The van der Waals surface area contributed by atoms with E-state index in [1.165, 1.54) is 6.42 Å². The lowest BCUT2D eigenvalue weighted by molar-refractivity contribution is -0.136. The Morgan fingerprint density at radius 3 is 2.40 bits per heavy atom. The van der Waals surface area contributed by atoms with E-state index in [9.17, 15) is 9.59 Å². The maximum absolute atomic E-state index is 12.6. The van der Waals surface area contributed by atoms with Crippen molar-refractivity contribution in [1.29, 1.82) is 0 Å². The zero-order chi connectivity index (χ0) is 18.4. The molecule has 1 atom stereocenters. The van der Waals surface area contributed by atoms with Crippen molar-refractivity contribution < 1.29 is 19.1 Å². The van der Waals surface area contributed by atoms with Crippen molar-refractivity contribution in [2.24, 2.45) is 5.92 Å². The molecule has 0 N–H and O–H groups in total. The molecule has 6 nitrogen and oxygen atoms in total. The van der Waals surface area contributed by atoms with Crippen LogP contribution >= 0.6 is 0 Å². The Hall–Kier alpha value is -1.30. The number of rotatable bonds is 4.